The first-order valence-corrected chi connectivity index (χ1v) is 4.92. The van der Waals surface area contributed by atoms with Crippen LogP contribution in [0.1, 0.15) is 20.3 Å². The van der Waals surface area contributed by atoms with Gasteiger partial charge in [0, 0.05) is 13.3 Å². The van der Waals surface area contributed by atoms with E-state index in [0.717, 1.165) is 12.2 Å². The largest absolute Gasteiger partial charge is 0.431 e. The molecule has 0 aromatic heterocycles. The van der Waals surface area contributed by atoms with E-state index in [-0.39, 0.29) is 5.97 Å². The maximum atomic E-state index is 10.6. The summed E-state index contributed by atoms with van der Waals surface area (Å²) in [6, 6.07) is 0. The monoisotopic (exact) mass is 278 g/mol. The normalized spacial score (nSPS) is 22.8. The van der Waals surface area contributed by atoms with E-state index in [4.69, 9.17) is 4.74 Å². The Morgan fingerprint density at radius 3 is 2.83 bits per heavy atom. The Labute approximate surface area is 85.8 Å². The lowest BCUT2D eigenvalue weighted by Crippen LogP contribution is -2.06. The summed E-state index contributed by atoms with van der Waals surface area (Å²) in [5, 5.41) is 0. The molecule has 0 spiro atoms. The molecule has 0 aliphatic heterocycles. The van der Waals surface area contributed by atoms with E-state index in [1.54, 1.807) is 0 Å². The van der Waals surface area contributed by atoms with Crippen molar-refractivity contribution in [1.29, 1.82) is 0 Å². The van der Waals surface area contributed by atoms with Gasteiger partial charge in [-0.25, -0.2) is 0 Å². The maximum Gasteiger partial charge on any atom is 0.307 e. The highest BCUT2D eigenvalue weighted by atomic mass is 127. The van der Waals surface area contributed by atoms with Crippen molar-refractivity contribution in [2.45, 2.75) is 20.3 Å². The summed E-state index contributed by atoms with van der Waals surface area (Å²) in [5.74, 6) is 1.01. The van der Waals surface area contributed by atoms with E-state index >= 15 is 0 Å². The van der Waals surface area contributed by atoms with Gasteiger partial charge in [-0.3, -0.25) is 4.79 Å². The molecule has 2 nitrogen and oxygen atoms in total. The lowest BCUT2D eigenvalue weighted by molar-refractivity contribution is -0.137. The number of allylic oxidation sites excluding steroid dienone is 4. The van der Waals surface area contributed by atoms with Gasteiger partial charge in [-0.1, -0.05) is 6.92 Å². The highest BCUT2D eigenvalue weighted by Crippen LogP contribution is 2.29. The fourth-order valence-electron chi connectivity index (χ4n) is 1.06. The van der Waals surface area contributed by atoms with Gasteiger partial charge in [0.2, 0.25) is 0 Å². The average Bonchev–Trinajstić information content (AvgIpc) is 1.96. The van der Waals surface area contributed by atoms with Crippen molar-refractivity contribution in [2.75, 3.05) is 0 Å². The molecule has 0 saturated carbocycles. The fraction of sp³-hybridized carbons (Fsp3) is 0.444. The van der Waals surface area contributed by atoms with E-state index in [1.165, 1.54) is 10.5 Å². The van der Waals surface area contributed by atoms with Gasteiger partial charge in [-0.15, -0.1) is 0 Å². The summed E-state index contributed by atoms with van der Waals surface area (Å²) in [4.78, 5) is 10.6. The van der Waals surface area contributed by atoms with Crippen LogP contribution >= 0.6 is 22.6 Å². The van der Waals surface area contributed by atoms with Gasteiger partial charge < -0.3 is 4.74 Å². The zero-order valence-corrected chi connectivity index (χ0v) is 9.29. The van der Waals surface area contributed by atoms with Crippen LogP contribution in [0.4, 0.5) is 0 Å². The van der Waals surface area contributed by atoms with E-state index in [2.05, 4.69) is 29.5 Å². The second-order valence-electron chi connectivity index (χ2n) is 2.88. The van der Waals surface area contributed by atoms with Crippen molar-refractivity contribution in [1.82, 2.24) is 0 Å². The first-order chi connectivity index (χ1) is 5.59. The first kappa shape index (κ1) is 9.77. The van der Waals surface area contributed by atoms with Gasteiger partial charge >= 0.3 is 5.97 Å². The summed E-state index contributed by atoms with van der Waals surface area (Å²) in [5.41, 5.74) is 0. The van der Waals surface area contributed by atoms with Crippen molar-refractivity contribution >= 4 is 28.6 Å². The standard InChI is InChI=1S/C9H11IO2/c1-6-5-8(12-7(2)11)3-4-9(6)10/h3-4,6H,5H2,1-2H3. The van der Waals surface area contributed by atoms with Crippen LogP contribution in [-0.2, 0) is 9.53 Å². The minimum atomic E-state index is -0.237. The Kier molecular flexibility index (Phi) is 3.31. The predicted molar refractivity (Wildman–Crippen MR) is 55.7 cm³/mol. The quantitative estimate of drug-likeness (QED) is 0.544. The molecule has 0 aromatic rings. The van der Waals surface area contributed by atoms with Gasteiger partial charge in [0.05, 0.1) is 0 Å². The molecule has 0 fully saturated rings. The van der Waals surface area contributed by atoms with E-state index in [1.807, 2.05) is 12.2 Å². The average molecular weight is 278 g/mol. The Morgan fingerprint density at radius 2 is 2.33 bits per heavy atom. The number of ether oxygens (including phenoxy) is 1. The summed E-state index contributed by atoms with van der Waals surface area (Å²) in [6.45, 7) is 3.55. The predicted octanol–water partition coefficient (Wildman–Crippen LogP) is 2.79. The Morgan fingerprint density at radius 1 is 1.67 bits per heavy atom. The van der Waals surface area contributed by atoms with Crippen LogP contribution in [0.5, 0.6) is 0 Å². The van der Waals surface area contributed by atoms with Crippen LogP contribution < -0.4 is 0 Å². The van der Waals surface area contributed by atoms with Crippen LogP contribution in [-0.4, -0.2) is 5.97 Å². The van der Waals surface area contributed by atoms with Crippen LogP contribution in [0.15, 0.2) is 21.5 Å². The molecule has 0 bridgehead atoms. The summed E-state index contributed by atoms with van der Waals surface area (Å²) >= 11 is 2.30. The highest BCUT2D eigenvalue weighted by molar-refractivity contribution is 14.1. The molecule has 1 rings (SSSR count). The summed E-state index contributed by atoms with van der Waals surface area (Å²) < 4.78 is 6.29. The van der Waals surface area contributed by atoms with Crippen molar-refractivity contribution in [3.63, 3.8) is 0 Å². The van der Waals surface area contributed by atoms with Crippen LogP contribution in [0.2, 0.25) is 0 Å². The Hall–Kier alpha value is -0.320. The van der Waals surface area contributed by atoms with Crippen LogP contribution in [0.25, 0.3) is 0 Å². The number of halogens is 1. The van der Waals surface area contributed by atoms with Crippen molar-refractivity contribution in [3.05, 3.63) is 21.5 Å². The number of hydrogen-bond acceptors (Lipinski definition) is 2. The summed E-state index contributed by atoms with van der Waals surface area (Å²) in [7, 11) is 0. The Balaban J connectivity index is 2.64. The van der Waals surface area contributed by atoms with Gasteiger partial charge in [0.25, 0.3) is 0 Å². The van der Waals surface area contributed by atoms with Crippen molar-refractivity contribution < 1.29 is 9.53 Å². The minimum absolute atomic E-state index is 0.237. The summed E-state index contributed by atoms with van der Waals surface area (Å²) in [6.07, 6.45) is 4.69. The smallest absolute Gasteiger partial charge is 0.307 e. The Bertz CT molecular complexity index is 253. The van der Waals surface area contributed by atoms with Gasteiger partial charge in [-0.2, -0.15) is 0 Å². The molecule has 0 N–H and O–H groups in total. The third kappa shape index (κ3) is 2.62. The topological polar surface area (TPSA) is 26.3 Å². The third-order valence-corrected chi connectivity index (χ3v) is 3.10. The zero-order valence-electron chi connectivity index (χ0n) is 7.13. The minimum Gasteiger partial charge on any atom is -0.431 e. The van der Waals surface area contributed by atoms with Crippen LogP contribution in [0, 0.1) is 5.92 Å². The highest BCUT2D eigenvalue weighted by Gasteiger charge is 2.14. The third-order valence-electron chi connectivity index (χ3n) is 1.68. The number of hydrogen-bond donors (Lipinski definition) is 0. The van der Waals surface area contributed by atoms with Gasteiger partial charge in [0.15, 0.2) is 0 Å². The molecule has 0 saturated heterocycles. The molecule has 1 aliphatic rings. The second-order valence-corrected chi connectivity index (χ2v) is 4.13. The zero-order chi connectivity index (χ0) is 9.14. The molecule has 0 aromatic carbocycles. The molecule has 3 heteroatoms. The SMILES string of the molecule is CC(=O)OC1=CC=C(I)C(C)C1. The number of carbonyl (C=O) groups is 1. The number of rotatable bonds is 1. The van der Waals surface area contributed by atoms with Crippen molar-refractivity contribution in [3.8, 4) is 0 Å². The molecule has 1 atom stereocenters. The van der Waals surface area contributed by atoms with Gasteiger partial charge in [0.1, 0.15) is 5.76 Å². The molecule has 0 radical (unpaired) electrons. The van der Waals surface area contributed by atoms with Crippen LogP contribution in [0.3, 0.4) is 0 Å². The van der Waals surface area contributed by atoms with Gasteiger partial charge in [-0.05, 0) is 44.2 Å². The number of carbonyl (C=O) groups excluding carboxylic acids is 1. The fourth-order valence-corrected chi connectivity index (χ4v) is 1.46. The first-order valence-electron chi connectivity index (χ1n) is 3.84. The molecule has 12 heavy (non-hydrogen) atoms. The van der Waals surface area contributed by atoms with E-state index in [0.29, 0.717) is 5.92 Å². The second kappa shape index (κ2) is 4.07. The molecular weight excluding hydrogens is 267 g/mol. The lowest BCUT2D eigenvalue weighted by atomic mass is 10.0. The molecule has 1 aliphatic carbocycles. The van der Waals surface area contributed by atoms with E-state index < -0.39 is 0 Å². The molecule has 0 amide bonds. The molecule has 0 heterocycles. The molecule has 66 valence electrons. The van der Waals surface area contributed by atoms with E-state index in [9.17, 15) is 4.79 Å². The van der Waals surface area contributed by atoms with Crippen molar-refractivity contribution in [2.24, 2.45) is 5.92 Å². The molecular formula is C9H11IO2. The number of esters is 1. The maximum absolute atomic E-state index is 10.6. The molecule has 1 unspecified atom stereocenters. The lowest BCUT2D eigenvalue weighted by Gasteiger charge is -2.16.